The van der Waals surface area contributed by atoms with Crippen LogP contribution in [0.4, 0.5) is 0 Å². The molecule has 0 aliphatic carbocycles. The molecular formula is C29H31N3O3. The van der Waals surface area contributed by atoms with Crippen molar-refractivity contribution in [3.05, 3.63) is 78.5 Å². The van der Waals surface area contributed by atoms with Gasteiger partial charge in [-0.25, -0.2) is 0 Å². The summed E-state index contributed by atoms with van der Waals surface area (Å²) in [7, 11) is 1.68. The van der Waals surface area contributed by atoms with Gasteiger partial charge in [0.15, 0.2) is 0 Å². The zero-order valence-electron chi connectivity index (χ0n) is 20.0. The number of para-hydroxylation sites is 1. The molecule has 0 radical (unpaired) electrons. The molecule has 1 saturated heterocycles. The molecule has 2 heterocycles. The minimum Gasteiger partial charge on any atom is -0.496 e. The first-order valence-corrected chi connectivity index (χ1v) is 12.2. The van der Waals surface area contributed by atoms with E-state index in [1.807, 2.05) is 30.3 Å². The fourth-order valence-corrected chi connectivity index (χ4v) is 5.31. The van der Waals surface area contributed by atoms with Crippen LogP contribution in [0.2, 0.25) is 0 Å². The van der Waals surface area contributed by atoms with Gasteiger partial charge in [0.1, 0.15) is 5.75 Å². The number of amides is 2. The van der Waals surface area contributed by atoms with Crippen LogP contribution in [0.5, 0.6) is 5.75 Å². The Morgan fingerprint density at radius 1 is 1.06 bits per heavy atom. The van der Waals surface area contributed by atoms with Gasteiger partial charge in [-0.05, 0) is 53.8 Å². The maximum Gasteiger partial charge on any atom is 0.220 e. The molecule has 0 bridgehead atoms. The molecule has 3 aromatic carbocycles. The third-order valence-corrected chi connectivity index (χ3v) is 7.14. The molecule has 1 unspecified atom stereocenters. The first-order valence-electron chi connectivity index (χ1n) is 12.2. The van der Waals surface area contributed by atoms with Crippen LogP contribution in [0.25, 0.3) is 21.7 Å². The lowest BCUT2D eigenvalue weighted by Crippen LogP contribution is -2.44. The average Bonchev–Trinajstić information content (AvgIpc) is 3.46. The summed E-state index contributed by atoms with van der Waals surface area (Å²) in [4.78, 5) is 24.9. The van der Waals surface area contributed by atoms with Crippen LogP contribution in [-0.2, 0) is 22.6 Å². The summed E-state index contributed by atoms with van der Waals surface area (Å²) < 4.78 is 7.69. The van der Waals surface area contributed by atoms with Crippen molar-refractivity contribution in [2.24, 2.45) is 0 Å². The Hall–Kier alpha value is -3.80. The molecule has 6 nitrogen and oxygen atoms in total. The van der Waals surface area contributed by atoms with Crippen molar-refractivity contribution in [1.82, 2.24) is 15.2 Å². The molecule has 0 spiro atoms. The number of methoxy groups -OCH3 is 1. The molecule has 1 fully saturated rings. The monoisotopic (exact) mass is 469 g/mol. The smallest absolute Gasteiger partial charge is 0.220 e. The van der Waals surface area contributed by atoms with Gasteiger partial charge in [0.25, 0.3) is 0 Å². The Morgan fingerprint density at radius 2 is 1.86 bits per heavy atom. The fraction of sp³-hybridized carbons (Fsp3) is 0.310. The van der Waals surface area contributed by atoms with E-state index < -0.39 is 5.54 Å². The molecule has 2 amide bonds. The molecule has 1 aromatic heterocycles. The van der Waals surface area contributed by atoms with Crippen LogP contribution in [0, 0.1) is 0 Å². The third-order valence-electron chi connectivity index (χ3n) is 7.14. The second kappa shape index (κ2) is 9.82. The number of benzene rings is 3. The van der Waals surface area contributed by atoms with E-state index in [-0.39, 0.29) is 11.8 Å². The lowest BCUT2D eigenvalue weighted by Gasteiger charge is -2.30. The molecule has 6 heteroatoms. The number of hydrogen-bond acceptors (Lipinski definition) is 3. The number of carbonyl (C=O) groups excluding carboxylic acids is 2. The van der Waals surface area contributed by atoms with Crippen molar-refractivity contribution >= 4 is 33.5 Å². The molecule has 0 saturated carbocycles. The van der Waals surface area contributed by atoms with E-state index in [1.54, 1.807) is 7.11 Å². The lowest BCUT2D eigenvalue weighted by atomic mass is 9.83. The number of nitrogens with zero attached hydrogens (tertiary/aromatic N) is 1. The quantitative estimate of drug-likeness (QED) is 0.377. The predicted molar refractivity (Wildman–Crippen MR) is 138 cm³/mol. The summed E-state index contributed by atoms with van der Waals surface area (Å²) in [5.74, 6) is 0.910. The van der Waals surface area contributed by atoms with Crippen molar-refractivity contribution in [3.8, 4) is 5.75 Å². The van der Waals surface area contributed by atoms with Gasteiger partial charge in [0, 0.05) is 48.6 Å². The molecule has 35 heavy (non-hydrogen) atoms. The number of carbonyl (C=O) groups is 2. The second-order valence-electron chi connectivity index (χ2n) is 9.40. The molecule has 4 aromatic rings. The van der Waals surface area contributed by atoms with Gasteiger partial charge in [-0.15, -0.1) is 0 Å². The van der Waals surface area contributed by atoms with Crippen molar-refractivity contribution in [2.75, 3.05) is 13.7 Å². The van der Waals surface area contributed by atoms with E-state index in [0.29, 0.717) is 32.2 Å². The number of hydrogen-bond donors (Lipinski definition) is 2. The number of aromatic nitrogens is 1. The highest BCUT2D eigenvalue weighted by Gasteiger charge is 2.38. The van der Waals surface area contributed by atoms with E-state index >= 15 is 0 Å². The normalized spacial score (nSPS) is 17.6. The predicted octanol–water partition coefficient (Wildman–Crippen LogP) is 4.59. The van der Waals surface area contributed by atoms with Crippen LogP contribution >= 0.6 is 0 Å². The Morgan fingerprint density at radius 3 is 2.66 bits per heavy atom. The van der Waals surface area contributed by atoms with Gasteiger partial charge in [0.05, 0.1) is 7.11 Å². The van der Waals surface area contributed by atoms with Crippen molar-refractivity contribution in [3.63, 3.8) is 0 Å². The van der Waals surface area contributed by atoms with E-state index in [4.69, 9.17) is 4.74 Å². The number of nitrogens with one attached hydrogen (secondary N) is 2. The third kappa shape index (κ3) is 4.87. The van der Waals surface area contributed by atoms with Crippen molar-refractivity contribution in [2.45, 2.75) is 44.2 Å². The number of rotatable bonds is 9. The minimum atomic E-state index is -0.414. The highest BCUT2D eigenvalue weighted by atomic mass is 16.5. The Bertz CT molecular complexity index is 1380. The van der Waals surface area contributed by atoms with Gasteiger partial charge < -0.3 is 19.9 Å². The average molecular weight is 470 g/mol. The van der Waals surface area contributed by atoms with Crippen LogP contribution in [0.1, 0.15) is 31.2 Å². The standard InChI is InChI=1S/C29H31N3O3/c1-35-26-11-10-22(23-7-3-4-8-24(23)26)20-29(16-13-28(34)31-29)15-12-27(33)30-17-19-32-18-14-21-6-2-5-9-25(21)32/h2-11,14,18H,12-13,15-17,19-20H2,1H3,(H,30,33)(H,31,34). The zero-order chi connectivity index (χ0) is 24.3. The number of ether oxygens (including phenoxy) is 1. The zero-order valence-corrected chi connectivity index (χ0v) is 20.0. The van der Waals surface area contributed by atoms with Crippen molar-refractivity contribution in [1.29, 1.82) is 0 Å². The van der Waals surface area contributed by atoms with E-state index in [1.165, 1.54) is 10.9 Å². The summed E-state index contributed by atoms with van der Waals surface area (Å²) in [5, 5.41) is 9.64. The molecule has 1 atom stereocenters. The van der Waals surface area contributed by atoms with Gasteiger partial charge >= 0.3 is 0 Å². The van der Waals surface area contributed by atoms with Crippen LogP contribution in [-0.4, -0.2) is 35.6 Å². The first-order chi connectivity index (χ1) is 17.1. The van der Waals surface area contributed by atoms with Gasteiger partial charge in [-0.1, -0.05) is 48.5 Å². The Kier molecular flexibility index (Phi) is 6.45. The lowest BCUT2D eigenvalue weighted by molar-refractivity contribution is -0.122. The number of fused-ring (bicyclic) bond motifs is 2. The maximum atomic E-state index is 12.7. The highest BCUT2D eigenvalue weighted by Crippen LogP contribution is 2.34. The highest BCUT2D eigenvalue weighted by molar-refractivity contribution is 5.91. The molecule has 180 valence electrons. The molecule has 5 rings (SSSR count). The Labute approximate surface area is 205 Å². The first kappa shape index (κ1) is 23.0. The van der Waals surface area contributed by atoms with E-state index in [9.17, 15) is 9.59 Å². The van der Waals surface area contributed by atoms with Crippen molar-refractivity contribution < 1.29 is 14.3 Å². The van der Waals surface area contributed by atoms with Crippen LogP contribution in [0.15, 0.2) is 72.9 Å². The molecular weight excluding hydrogens is 438 g/mol. The van der Waals surface area contributed by atoms with Crippen LogP contribution < -0.4 is 15.4 Å². The van der Waals surface area contributed by atoms with Gasteiger partial charge in [0.2, 0.25) is 11.8 Å². The topological polar surface area (TPSA) is 72.4 Å². The summed E-state index contributed by atoms with van der Waals surface area (Å²) >= 11 is 0. The SMILES string of the molecule is COc1ccc(CC2(CCC(=O)NCCn3ccc4ccccc43)CCC(=O)N2)c2ccccc12. The summed E-state index contributed by atoms with van der Waals surface area (Å²) in [6, 6.07) is 22.6. The van der Waals surface area contributed by atoms with Crippen LogP contribution in [0.3, 0.4) is 0 Å². The minimum absolute atomic E-state index is 0.0153. The molecule has 1 aliphatic rings. The van der Waals surface area contributed by atoms with Gasteiger partial charge in [-0.3, -0.25) is 9.59 Å². The maximum absolute atomic E-state index is 12.7. The summed E-state index contributed by atoms with van der Waals surface area (Å²) in [6.07, 6.45) is 4.95. The summed E-state index contributed by atoms with van der Waals surface area (Å²) in [5.41, 5.74) is 1.91. The largest absolute Gasteiger partial charge is 0.496 e. The van der Waals surface area contributed by atoms with E-state index in [2.05, 4.69) is 57.8 Å². The molecule has 2 N–H and O–H groups in total. The second-order valence-corrected chi connectivity index (χ2v) is 9.40. The fourth-order valence-electron chi connectivity index (χ4n) is 5.31. The van der Waals surface area contributed by atoms with E-state index in [0.717, 1.165) is 35.1 Å². The summed E-state index contributed by atoms with van der Waals surface area (Å²) in [6.45, 7) is 1.29. The molecule has 1 aliphatic heterocycles. The van der Waals surface area contributed by atoms with Gasteiger partial charge in [-0.2, -0.15) is 0 Å². The Balaban J connectivity index is 1.24.